The van der Waals surface area contributed by atoms with Gasteiger partial charge < -0.3 is 9.36 Å². The molecule has 0 aliphatic heterocycles. The Morgan fingerprint density at radius 1 is 1.47 bits per heavy atom. The second-order valence-corrected chi connectivity index (χ2v) is 4.37. The molecule has 0 aromatic carbocycles. The molecule has 0 aliphatic rings. The zero-order valence-electron chi connectivity index (χ0n) is 8.70. The van der Waals surface area contributed by atoms with Crippen LogP contribution in [0.3, 0.4) is 0 Å². The molecule has 0 saturated carbocycles. The predicted molar refractivity (Wildman–Crippen MR) is 62.9 cm³/mol. The molecule has 0 radical (unpaired) electrons. The molecule has 0 N–H and O–H groups in total. The number of Topliss-reactive ketones (excluding diaryl/α,β-unsaturated/α-hetero) is 1. The highest BCUT2D eigenvalue weighted by Gasteiger charge is 1.99. The average Bonchev–Trinajstić information content (AvgIpc) is 2.18. The molecule has 4 heteroatoms. The van der Waals surface area contributed by atoms with Crippen LogP contribution in [0.25, 0.3) is 0 Å². The number of hydrogen-bond donors (Lipinski definition) is 0. The van der Waals surface area contributed by atoms with Gasteiger partial charge >= 0.3 is 0 Å². The van der Waals surface area contributed by atoms with Crippen LogP contribution in [0.2, 0.25) is 0 Å². The van der Waals surface area contributed by atoms with Crippen molar-refractivity contribution in [2.45, 2.75) is 32.7 Å². The van der Waals surface area contributed by atoms with Crippen LogP contribution in [0, 0.1) is 0 Å². The highest BCUT2D eigenvalue weighted by Crippen LogP contribution is 2.03. The minimum atomic E-state index is -0.0136. The van der Waals surface area contributed by atoms with Crippen LogP contribution in [0.15, 0.2) is 27.6 Å². The number of unbranched alkanes of at least 4 members (excludes halogenated alkanes) is 1. The smallest absolute Gasteiger partial charge is 0.264 e. The van der Waals surface area contributed by atoms with Gasteiger partial charge in [-0.05, 0) is 47.8 Å². The van der Waals surface area contributed by atoms with Crippen LogP contribution in [0.5, 0.6) is 0 Å². The Morgan fingerprint density at radius 2 is 2.20 bits per heavy atom. The molecule has 1 heterocycles. The molecule has 1 aromatic heterocycles. The minimum absolute atomic E-state index is 0.0136. The van der Waals surface area contributed by atoms with Crippen molar-refractivity contribution in [2.75, 3.05) is 0 Å². The summed E-state index contributed by atoms with van der Waals surface area (Å²) in [6, 6.07) is 3.56. The molecule has 0 amide bonds. The van der Waals surface area contributed by atoms with E-state index in [-0.39, 0.29) is 11.3 Å². The first-order valence-corrected chi connectivity index (χ1v) is 5.75. The first kappa shape index (κ1) is 12.2. The van der Waals surface area contributed by atoms with Crippen molar-refractivity contribution in [3.8, 4) is 0 Å². The standard InChI is InChI=1S/C11H14BrNO2/c1-9(14)5-2-3-7-13-8-4-6-10(12)11(13)15/h4,6,8H,2-3,5,7H2,1H3. The summed E-state index contributed by atoms with van der Waals surface area (Å²) in [7, 11) is 0. The zero-order valence-corrected chi connectivity index (χ0v) is 10.3. The molecule has 0 fully saturated rings. The van der Waals surface area contributed by atoms with Crippen molar-refractivity contribution in [3.63, 3.8) is 0 Å². The number of rotatable bonds is 5. The van der Waals surface area contributed by atoms with E-state index >= 15 is 0 Å². The van der Waals surface area contributed by atoms with E-state index in [2.05, 4.69) is 15.9 Å². The summed E-state index contributed by atoms with van der Waals surface area (Å²) in [5.41, 5.74) is -0.0136. The Morgan fingerprint density at radius 3 is 2.87 bits per heavy atom. The van der Waals surface area contributed by atoms with E-state index in [1.54, 1.807) is 23.8 Å². The van der Waals surface area contributed by atoms with Crippen LogP contribution < -0.4 is 5.56 Å². The Kier molecular flexibility index (Phi) is 4.75. The number of hydrogen-bond acceptors (Lipinski definition) is 2. The third-order valence-electron chi connectivity index (χ3n) is 2.15. The van der Waals surface area contributed by atoms with Crippen molar-refractivity contribution >= 4 is 21.7 Å². The topological polar surface area (TPSA) is 39.1 Å². The normalized spacial score (nSPS) is 10.3. The van der Waals surface area contributed by atoms with Crippen molar-refractivity contribution in [1.82, 2.24) is 4.57 Å². The SMILES string of the molecule is CC(=O)CCCCn1cccc(Br)c1=O. The van der Waals surface area contributed by atoms with Gasteiger partial charge in [0.05, 0.1) is 4.47 Å². The number of ketones is 1. The van der Waals surface area contributed by atoms with Gasteiger partial charge in [-0.3, -0.25) is 4.79 Å². The van der Waals surface area contributed by atoms with Crippen LogP contribution in [0.1, 0.15) is 26.2 Å². The molecule has 0 bridgehead atoms. The summed E-state index contributed by atoms with van der Waals surface area (Å²) in [5, 5.41) is 0. The van der Waals surface area contributed by atoms with Crippen LogP contribution in [-0.4, -0.2) is 10.4 Å². The lowest BCUT2D eigenvalue weighted by atomic mass is 10.2. The lowest BCUT2D eigenvalue weighted by Crippen LogP contribution is -2.19. The molecular formula is C11H14BrNO2. The summed E-state index contributed by atoms with van der Waals surface area (Å²) in [5.74, 6) is 0.205. The molecule has 0 spiro atoms. The van der Waals surface area contributed by atoms with E-state index in [1.165, 1.54) is 0 Å². The number of aromatic nitrogens is 1. The van der Waals surface area contributed by atoms with Gasteiger partial charge in [0.15, 0.2) is 0 Å². The Bertz CT molecular complexity index is 398. The first-order valence-electron chi connectivity index (χ1n) is 4.95. The third kappa shape index (κ3) is 4.00. The predicted octanol–water partition coefficient (Wildman–Crippen LogP) is 2.37. The lowest BCUT2D eigenvalue weighted by Gasteiger charge is -2.04. The summed E-state index contributed by atoms with van der Waals surface area (Å²) < 4.78 is 2.24. The fourth-order valence-corrected chi connectivity index (χ4v) is 1.72. The van der Waals surface area contributed by atoms with Gasteiger partial charge in [-0.2, -0.15) is 0 Å². The number of nitrogens with zero attached hydrogens (tertiary/aromatic N) is 1. The van der Waals surface area contributed by atoms with E-state index < -0.39 is 0 Å². The Balaban J connectivity index is 2.48. The Hall–Kier alpha value is -0.900. The van der Waals surface area contributed by atoms with E-state index in [1.807, 2.05) is 6.07 Å². The lowest BCUT2D eigenvalue weighted by molar-refractivity contribution is -0.117. The van der Waals surface area contributed by atoms with Crippen LogP contribution in [0.4, 0.5) is 0 Å². The molecule has 0 unspecified atom stereocenters. The number of carbonyl (C=O) groups excluding carboxylic acids is 1. The molecule has 15 heavy (non-hydrogen) atoms. The number of carbonyl (C=O) groups is 1. The maximum absolute atomic E-state index is 11.5. The molecule has 1 aromatic rings. The second-order valence-electron chi connectivity index (χ2n) is 3.51. The molecular weight excluding hydrogens is 258 g/mol. The average molecular weight is 272 g/mol. The van der Waals surface area contributed by atoms with Crippen molar-refractivity contribution in [3.05, 3.63) is 33.2 Å². The zero-order chi connectivity index (χ0) is 11.3. The van der Waals surface area contributed by atoms with Crippen LogP contribution in [-0.2, 0) is 11.3 Å². The van der Waals surface area contributed by atoms with Crippen molar-refractivity contribution in [1.29, 1.82) is 0 Å². The molecule has 0 aliphatic carbocycles. The summed E-state index contributed by atoms with van der Waals surface area (Å²) in [6.07, 6.45) is 4.06. The second kappa shape index (κ2) is 5.85. The molecule has 3 nitrogen and oxygen atoms in total. The van der Waals surface area contributed by atoms with Gasteiger partial charge in [-0.15, -0.1) is 0 Å². The third-order valence-corrected chi connectivity index (χ3v) is 2.76. The van der Waals surface area contributed by atoms with Gasteiger partial charge in [0.2, 0.25) is 0 Å². The summed E-state index contributed by atoms with van der Waals surface area (Å²) in [4.78, 5) is 22.2. The quantitative estimate of drug-likeness (QED) is 0.772. The number of aryl methyl sites for hydroxylation is 1. The van der Waals surface area contributed by atoms with Gasteiger partial charge in [0.1, 0.15) is 5.78 Å². The molecule has 1 rings (SSSR count). The van der Waals surface area contributed by atoms with Crippen molar-refractivity contribution in [2.24, 2.45) is 0 Å². The molecule has 0 saturated heterocycles. The number of halogens is 1. The highest BCUT2D eigenvalue weighted by atomic mass is 79.9. The summed E-state index contributed by atoms with van der Waals surface area (Å²) >= 11 is 3.19. The van der Waals surface area contributed by atoms with E-state index in [0.717, 1.165) is 12.8 Å². The fourth-order valence-electron chi connectivity index (χ4n) is 1.34. The largest absolute Gasteiger partial charge is 0.315 e. The first-order chi connectivity index (χ1) is 7.11. The van der Waals surface area contributed by atoms with E-state index in [0.29, 0.717) is 17.4 Å². The van der Waals surface area contributed by atoms with Gasteiger partial charge in [-0.1, -0.05) is 0 Å². The summed E-state index contributed by atoms with van der Waals surface area (Å²) in [6.45, 7) is 2.26. The van der Waals surface area contributed by atoms with Crippen molar-refractivity contribution < 1.29 is 4.79 Å². The minimum Gasteiger partial charge on any atom is -0.315 e. The van der Waals surface area contributed by atoms with Gasteiger partial charge in [0, 0.05) is 19.2 Å². The highest BCUT2D eigenvalue weighted by molar-refractivity contribution is 9.10. The maximum atomic E-state index is 11.5. The fraction of sp³-hybridized carbons (Fsp3) is 0.455. The van der Waals surface area contributed by atoms with Gasteiger partial charge in [-0.25, -0.2) is 0 Å². The number of pyridine rings is 1. The van der Waals surface area contributed by atoms with E-state index in [9.17, 15) is 9.59 Å². The molecule has 82 valence electrons. The van der Waals surface area contributed by atoms with E-state index in [4.69, 9.17) is 0 Å². The monoisotopic (exact) mass is 271 g/mol. The van der Waals surface area contributed by atoms with Crippen LogP contribution >= 0.6 is 15.9 Å². The van der Waals surface area contributed by atoms with Gasteiger partial charge in [0.25, 0.3) is 5.56 Å². The Labute approximate surface area is 97.2 Å². The molecule has 0 atom stereocenters. The maximum Gasteiger partial charge on any atom is 0.264 e.